The average Bonchev–Trinajstić information content (AvgIpc) is 2.26. The summed E-state index contributed by atoms with van der Waals surface area (Å²) in [6.07, 6.45) is 4.12. The van der Waals surface area contributed by atoms with Crippen LogP contribution >= 0.6 is 0 Å². The Morgan fingerprint density at radius 2 is 1.88 bits per heavy atom. The molecule has 3 aliphatic rings. The number of amides is 1. The van der Waals surface area contributed by atoms with Crippen molar-refractivity contribution in [3.63, 3.8) is 0 Å². The number of aliphatic hydroxyl groups excluding tert-OH is 1. The van der Waals surface area contributed by atoms with Crippen molar-refractivity contribution >= 4 is 6.09 Å². The highest BCUT2D eigenvalue weighted by Crippen LogP contribution is 2.40. The second-order valence-corrected chi connectivity index (χ2v) is 6.21. The van der Waals surface area contributed by atoms with E-state index < -0.39 is 5.60 Å². The normalized spacial score (nSPS) is 32.7. The Kier molecular flexibility index (Phi) is 3.34. The van der Waals surface area contributed by atoms with Gasteiger partial charge < -0.3 is 9.84 Å². The van der Waals surface area contributed by atoms with Crippen molar-refractivity contribution in [2.45, 2.75) is 64.1 Å². The molecule has 1 atom stereocenters. The van der Waals surface area contributed by atoms with Crippen LogP contribution in [0.3, 0.4) is 0 Å². The smallest absolute Gasteiger partial charge is 0.410 e. The van der Waals surface area contributed by atoms with Gasteiger partial charge in [0.05, 0.1) is 12.6 Å². The Bertz CT molecular complexity index is 290. The van der Waals surface area contributed by atoms with E-state index in [9.17, 15) is 9.90 Å². The lowest BCUT2D eigenvalue weighted by Crippen LogP contribution is -2.59. The van der Waals surface area contributed by atoms with Gasteiger partial charge in [0.2, 0.25) is 0 Å². The molecule has 0 aromatic heterocycles. The standard InChI is InChI=1S/C13H23NO3/c1-13(2,3)17-12(16)14-10-6-4-9(5-7-10)11(14)8-15/h9-11,15H,4-8H2,1-3H3/t9-,10-,11-/m0/s1. The molecular formula is C13H23NO3. The first-order valence-electron chi connectivity index (χ1n) is 6.54. The number of fused-ring (bicyclic) bond motifs is 3. The number of carbonyl (C=O) groups is 1. The van der Waals surface area contributed by atoms with Crippen LogP contribution in [0.25, 0.3) is 0 Å². The van der Waals surface area contributed by atoms with E-state index in [0.717, 1.165) is 25.7 Å². The quantitative estimate of drug-likeness (QED) is 0.765. The average molecular weight is 241 g/mol. The Morgan fingerprint density at radius 1 is 1.29 bits per heavy atom. The number of ether oxygens (including phenoxy) is 1. The maximum atomic E-state index is 12.2. The van der Waals surface area contributed by atoms with Gasteiger partial charge in [-0.2, -0.15) is 0 Å². The lowest BCUT2D eigenvalue weighted by molar-refractivity contribution is -0.0543. The van der Waals surface area contributed by atoms with Gasteiger partial charge in [0.25, 0.3) is 0 Å². The molecule has 2 saturated heterocycles. The van der Waals surface area contributed by atoms with Gasteiger partial charge in [-0.05, 0) is 52.4 Å². The van der Waals surface area contributed by atoms with Crippen LogP contribution in [0.5, 0.6) is 0 Å². The Balaban J connectivity index is 2.10. The molecule has 1 N–H and O–H groups in total. The molecule has 3 fully saturated rings. The lowest BCUT2D eigenvalue weighted by Gasteiger charge is -2.50. The van der Waals surface area contributed by atoms with Crippen LogP contribution < -0.4 is 0 Å². The third-order valence-electron chi connectivity index (χ3n) is 3.83. The van der Waals surface area contributed by atoms with Crippen LogP contribution in [0.15, 0.2) is 0 Å². The summed E-state index contributed by atoms with van der Waals surface area (Å²) < 4.78 is 5.44. The molecule has 1 aliphatic carbocycles. The summed E-state index contributed by atoms with van der Waals surface area (Å²) in [5.41, 5.74) is -0.465. The van der Waals surface area contributed by atoms with Crippen LogP contribution in [-0.4, -0.2) is 40.4 Å². The van der Waals surface area contributed by atoms with Crippen molar-refractivity contribution in [3.05, 3.63) is 0 Å². The first-order chi connectivity index (χ1) is 7.92. The van der Waals surface area contributed by atoms with E-state index in [0.29, 0.717) is 5.92 Å². The van der Waals surface area contributed by atoms with E-state index in [1.807, 2.05) is 20.8 Å². The first kappa shape index (κ1) is 12.7. The van der Waals surface area contributed by atoms with Gasteiger partial charge in [-0.15, -0.1) is 0 Å². The van der Waals surface area contributed by atoms with Gasteiger partial charge in [0.1, 0.15) is 5.60 Å². The molecule has 98 valence electrons. The van der Waals surface area contributed by atoms with Gasteiger partial charge in [-0.25, -0.2) is 4.79 Å². The number of hydrogen-bond acceptors (Lipinski definition) is 3. The second-order valence-electron chi connectivity index (χ2n) is 6.21. The van der Waals surface area contributed by atoms with E-state index >= 15 is 0 Å². The minimum absolute atomic E-state index is 0.0302. The molecule has 0 radical (unpaired) electrons. The van der Waals surface area contributed by atoms with Crippen LogP contribution in [0.2, 0.25) is 0 Å². The Morgan fingerprint density at radius 3 is 2.35 bits per heavy atom. The molecule has 2 aliphatic heterocycles. The molecule has 0 unspecified atom stereocenters. The zero-order valence-electron chi connectivity index (χ0n) is 11.0. The number of rotatable bonds is 1. The summed E-state index contributed by atoms with van der Waals surface area (Å²) in [5, 5.41) is 9.48. The predicted molar refractivity (Wildman–Crippen MR) is 64.7 cm³/mol. The fraction of sp³-hybridized carbons (Fsp3) is 0.923. The maximum absolute atomic E-state index is 12.2. The van der Waals surface area contributed by atoms with Crippen molar-refractivity contribution < 1.29 is 14.6 Å². The Hall–Kier alpha value is -0.770. The minimum Gasteiger partial charge on any atom is -0.444 e. The summed E-state index contributed by atoms with van der Waals surface area (Å²) >= 11 is 0. The summed E-state index contributed by atoms with van der Waals surface area (Å²) in [5.74, 6) is 0.456. The predicted octanol–water partition coefficient (Wildman–Crippen LogP) is 2.16. The molecule has 1 amide bonds. The SMILES string of the molecule is CC(C)(C)OC(=O)N1[C@H]2CC[C@@H](CC2)[C@@H]1CO. The third-order valence-corrected chi connectivity index (χ3v) is 3.83. The highest BCUT2D eigenvalue weighted by molar-refractivity contribution is 5.69. The molecule has 3 rings (SSSR count). The molecular weight excluding hydrogens is 218 g/mol. The monoisotopic (exact) mass is 241 g/mol. The Labute approximate surface area is 103 Å². The van der Waals surface area contributed by atoms with Gasteiger partial charge in [-0.3, -0.25) is 4.90 Å². The number of piperidine rings is 2. The van der Waals surface area contributed by atoms with Crippen LogP contribution in [0.1, 0.15) is 46.5 Å². The summed E-state index contributed by atoms with van der Waals surface area (Å²) in [4.78, 5) is 14.0. The van der Waals surface area contributed by atoms with Crippen molar-refractivity contribution in [3.8, 4) is 0 Å². The second kappa shape index (κ2) is 4.48. The van der Waals surface area contributed by atoms with E-state index in [1.54, 1.807) is 4.90 Å². The van der Waals surface area contributed by atoms with Gasteiger partial charge in [0.15, 0.2) is 0 Å². The van der Waals surface area contributed by atoms with Crippen molar-refractivity contribution in [1.82, 2.24) is 4.90 Å². The number of hydrogen-bond donors (Lipinski definition) is 1. The molecule has 0 spiro atoms. The van der Waals surface area contributed by atoms with Crippen LogP contribution in [0, 0.1) is 5.92 Å². The van der Waals surface area contributed by atoms with Gasteiger partial charge in [-0.1, -0.05) is 0 Å². The molecule has 4 nitrogen and oxygen atoms in total. The minimum atomic E-state index is -0.465. The molecule has 2 bridgehead atoms. The van der Waals surface area contributed by atoms with E-state index in [4.69, 9.17) is 4.74 Å². The molecule has 1 saturated carbocycles. The lowest BCUT2D eigenvalue weighted by atomic mass is 9.75. The van der Waals surface area contributed by atoms with Crippen LogP contribution in [0.4, 0.5) is 4.79 Å². The number of aliphatic hydroxyl groups is 1. The van der Waals surface area contributed by atoms with E-state index in [1.165, 1.54) is 0 Å². The third kappa shape index (κ3) is 2.57. The van der Waals surface area contributed by atoms with Gasteiger partial charge >= 0.3 is 6.09 Å². The topological polar surface area (TPSA) is 49.8 Å². The van der Waals surface area contributed by atoms with E-state index in [-0.39, 0.29) is 24.8 Å². The van der Waals surface area contributed by atoms with Crippen LogP contribution in [-0.2, 0) is 4.74 Å². The van der Waals surface area contributed by atoms with Crippen molar-refractivity contribution in [2.24, 2.45) is 5.92 Å². The molecule has 2 heterocycles. The van der Waals surface area contributed by atoms with Gasteiger partial charge in [0, 0.05) is 6.04 Å². The van der Waals surface area contributed by atoms with E-state index in [2.05, 4.69) is 0 Å². The zero-order valence-corrected chi connectivity index (χ0v) is 11.0. The molecule has 4 heteroatoms. The largest absolute Gasteiger partial charge is 0.444 e. The van der Waals surface area contributed by atoms with Crippen molar-refractivity contribution in [2.75, 3.05) is 6.61 Å². The number of nitrogens with zero attached hydrogens (tertiary/aromatic N) is 1. The molecule has 0 aromatic rings. The number of carbonyl (C=O) groups excluding carboxylic acids is 1. The summed E-state index contributed by atoms with van der Waals surface area (Å²) in [6, 6.07) is 0.240. The zero-order chi connectivity index (χ0) is 12.6. The first-order valence-corrected chi connectivity index (χ1v) is 6.54. The molecule has 0 aromatic carbocycles. The summed E-state index contributed by atoms with van der Waals surface area (Å²) in [7, 11) is 0. The molecule has 17 heavy (non-hydrogen) atoms. The maximum Gasteiger partial charge on any atom is 0.410 e. The highest BCUT2D eigenvalue weighted by atomic mass is 16.6. The fourth-order valence-corrected chi connectivity index (χ4v) is 3.10. The summed E-state index contributed by atoms with van der Waals surface area (Å²) in [6.45, 7) is 5.68. The van der Waals surface area contributed by atoms with Crippen molar-refractivity contribution in [1.29, 1.82) is 0 Å². The fourth-order valence-electron chi connectivity index (χ4n) is 3.10. The highest BCUT2D eigenvalue weighted by Gasteiger charge is 2.45.